The van der Waals surface area contributed by atoms with E-state index in [1.165, 1.54) is 10.5 Å². The second kappa shape index (κ2) is 8.63. The first kappa shape index (κ1) is 21.8. The molecule has 0 saturated carbocycles. The molecule has 2 heterocycles. The third-order valence-corrected chi connectivity index (χ3v) is 7.15. The molecule has 0 fully saturated rings. The fourth-order valence-corrected chi connectivity index (χ4v) is 5.25. The predicted octanol–water partition coefficient (Wildman–Crippen LogP) is 4.11. The molecule has 8 heteroatoms. The zero-order valence-corrected chi connectivity index (χ0v) is 19.0. The van der Waals surface area contributed by atoms with Crippen LogP contribution < -0.4 is 14.4 Å². The van der Waals surface area contributed by atoms with Crippen molar-refractivity contribution in [2.75, 3.05) is 16.2 Å². The van der Waals surface area contributed by atoms with E-state index in [0.717, 1.165) is 11.1 Å². The van der Waals surface area contributed by atoms with Crippen molar-refractivity contribution in [3.8, 4) is 5.88 Å². The minimum Gasteiger partial charge on any atom is -0.471 e. The number of hydrogen-bond acceptors (Lipinski definition) is 5. The van der Waals surface area contributed by atoms with Gasteiger partial charge in [0, 0.05) is 0 Å². The van der Waals surface area contributed by atoms with Crippen LogP contribution in [-0.2, 0) is 14.8 Å². The van der Waals surface area contributed by atoms with Gasteiger partial charge in [-0.25, -0.2) is 13.4 Å². The van der Waals surface area contributed by atoms with E-state index in [2.05, 4.69) is 10.3 Å². The standard InChI is InChI=1S/C24H25N3O4S/c1-16-8-7-11-21(12-16)32(29,30)27-15-17(2)31-24-22(27)13-20(14-25-24)26-23(28)18(3)19-9-5-4-6-10-19/h4-14,17-18H,15H2,1-3H3,(H,26,28)/t17-,18-/m0/s1. The minimum absolute atomic E-state index is 0.142. The van der Waals surface area contributed by atoms with E-state index in [0.29, 0.717) is 11.4 Å². The average molecular weight is 452 g/mol. The van der Waals surface area contributed by atoms with Gasteiger partial charge in [0.05, 0.1) is 29.2 Å². The van der Waals surface area contributed by atoms with Crippen LogP contribution in [0.3, 0.4) is 0 Å². The highest BCUT2D eigenvalue weighted by Crippen LogP contribution is 2.37. The number of aromatic nitrogens is 1. The van der Waals surface area contributed by atoms with Crippen molar-refractivity contribution < 1.29 is 17.9 Å². The van der Waals surface area contributed by atoms with Crippen molar-refractivity contribution in [2.24, 2.45) is 0 Å². The first-order valence-corrected chi connectivity index (χ1v) is 11.8. The molecule has 1 N–H and O–H groups in total. The number of pyridine rings is 1. The molecule has 4 rings (SSSR count). The number of anilines is 2. The van der Waals surface area contributed by atoms with Crippen LogP contribution >= 0.6 is 0 Å². The van der Waals surface area contributed by atoms with Crippen LogP contribution in [0.4, 0.5) is 11.4 Å². The average Bonchev–Trinajstić information content (AvgIpc) is 2.78. The summed E-state index contributed by atoms with van der Waals surface area (Å²) in [5.74, 6) is -0.374. The van der Waals surface area contributed by atoms with Crippen molar-refractivity contribution >= 4 is 27.3 Å². The van der Waals surface area contributed by atoms with E-state index in [1.54, 1.807) is 31.2 Å². The van der Waals surface area contributed by atoms with Crippen LogP contribution in [0, 0.1) is 6.92 Å². The summed E-state index contributed by atoms with van der Waals surface area (Å²) >= 11 is 0. The largest absolute Gasteiger partial charge is 0.471 e. The van der Waals surface area contributed by atoms with Gasteiger partial charge in [0.2, 0.25) is 11.8 Å². The third-order valence-electron chi connectivity index (χ3n) is 5.37. The topological polar surface area (TPSA) is 88.6 Å². The maximum atomic E-state index is 13.4. The summed E-state index contributed by atoms with van der Waals surface area (Å²) in [5, 5.41) is 2.84. The third kappa shape index (κ3) is 4.31. The first-order chi connectivity index (χ1) is 15.3. The molecular formula is C24H25N3O4S. The van der Waals surface area contributed by atoms with E-state index in [-0.39, 0.29) is 35.2 Å². The number of carbonyl (C=O) groups excluding carboxylic acids is 1. The molecule has 7 nitrogen and oxygen atoms in total. The summed E-state index contributed by atoms with van der Waals surface area (Å²) in [6, 6.07) is 17.8. The Morgan fingerprint density at radius 3 is 2.62 bits per heavy atom. The van der Waals surface area contributed by atoms with Crippen molar-refractivity contribution in [1.29, 1.82) is 0 Å². The molecule has 166 valence electrons. The SMILES string of the molecule is Cc1cccc(S(=O)(=O)N2C[C@H](C)Oc3ncc(NC(=O)[C@@H](C)c4ccccc4)cc32)c1. The molecule has 1 aliphatic heterocycles. The lowest BCUT2D eigenvalue weighted by atomic mass is 10.0. The Morgan fingerprint density at radius 1 is 1.16 bits per heavy atom. The number of hydrogen-bond donors (Lipinski definition) is 1. The number of ether oxygens (including phenoxy) is 1. The molecule has 32 heavy (non-hydrogen) atoms. The van der Waals surface area contributed by atoms with Crippen LogP contribution in [-0.4, -0.2) is 32.0 Å². The number of amides is 1. The molecule has 0 aliphatic carbocycles. The molecule has 2 atom stereocenters. The summed E-state index contributed by atoms with van der Waals surface area (Å²) in [4.78, 5) is 17.3. The smallest absolute Gasteiger partial charge is 0.264 e. The van der Waals surface area contributed by atoms with E-state index in [1.807, 2.05) is 50.2 Å². The lowest BCUT2D eigenvalue weighted by molar-refractivity contribution is -0.117. The van der Waals surface area contributed by atoms with E-state index >= 15 is 0 Å². The monoisotopic (exact) mass is 451 g/mol. The number of fused-ring (bicyclic) bond motifs is 1. The number of sulfonamides is 1. The molecular weight excluding hydrogens is 426 g/mol. The second-order valence-electron chi connectivity index (χ2n) is 7.95. The first-order valence-electron chi connectivity index (χ1n) is 10.4. The summed E-state index contributed by atoms with van der Waals surface area (Å²) in [6.07, 6.45) is 1.11. The Kier molecular flexibility index (Phi) is 5.88. The molecule has 1 aromatic heterocycles. The highest BCUT2D eigenvalue weighted by molar-refractivity contribution is 7.92. The van der Waals surface area contributed by atoms with E-state index in [9.17, 15) is 13.2 Å². The van der Waals surface area contributed by atoms with Gasteiger partial charge in [0.1, 0.15) is 11.8 Å². The van der Waals surface area contributed by atoms with E-state index in [4.69, 9.17) is 4.74 Å². The zero-order chi connectivity index (χ0) is 22.9. The van der Waals surface area contributed by atoms with Crippen molar-refractivity contribution in [2.45, 2.75) is 37.7 Å². The van der Waals surface area contributed by atoms with Gasteiger partial charge in [-0.15, -0.1) is 0 Å². The van der Waals surface area contributed by atoms with Crippen molar-refractivity contribution in [3.63, 3.8) is 0 Å². The van der Waals surface area contributed by atoms with Crippen molar-refractivity contribution in [1.82, 2.24) is 4.98 Å². The maximum Gasteiger partial charge on any atom is 0.264 e. The number of aryl methyl sites for hydroxylation is 1. The number of nitrogens with one attached hydrogen (secondary N) is 1. The number of benzene rings is 2. The fourth-order valence-electron chi connectivity index (χ4n) is 3.61. The van der Waals surface area contributed by atoms with Gasteiger partial charge in [-0.05, 0) is 50.1 Å². The predicted molar refractivity (Wildman–Crippen MR) is 124 cm³/mol. The Balaban J connectivity index is 1.66. The molecule has 0 bridgehead atoms. The number of carbonyl (C=O) groups is 1. The van der Waals surface area contributed by atoms with Gasteiger partial charge in [-0.1, -0.05) is 42.5 Å². The Labute approximate surface area is 188 Å². The second-order valence-corrected chi connectivity index (χ2v) is 9.81. The molecule has 0 saturated heterocycles. The lowest BCUT2D eigenvalue weighted by Gasteiger charge is -2.33. The molecule has 1 amide bonds. The Hall–Kier alpha value is -3.39. The van der Waals surface area contributed by atoms with Gasteiger partial charge in [0.15, 0.2) is 0 Å². The van der Waals surface area contributed by atoms with Crippen LogP contribution in [0.2, 0.25) is 0 Å². The highest BCUT2D eigenvalue weighted by Gasteiger charge is 2.34. The van der Waals surface area contributed by atoms with Crippen LogP contribution in [0.1, 0.15) is 30.9 Å². The van der Waals surface area contributed by atoms with Crippen LogP contribution in [0.25, 0.3) is 0 Å². The Morgan fingerprint density at radius 2 is 1.91 bits per heavy atom. The Bertz CT molecular complexity index is 1250. The molecule has 0 unspecified atom stereocenters. The van der Waals surface area contributed by atoms with Gasteiger partial charge in [-0.2, -0.15) is 0 Å². The maximum absolute atomic E-state index is 13.4. The van der Waals surface area contributed by atoms with Gasteiger partial charge < -0.3 is 10.1 Å². The molecule has 2 aromatic carbocycles. The van der Waals surface area contributed by atoms with Gasteiger partial charge >= 0.3 is 0 Å². The number of rotatable bonds is 5. The van der Waals surface area contributed by atoms with Gasteiger partial charge in [0.25, 0.3) is 10.0 Å². The highest BCUT2D eigenvalue weighted by atomic mass is 32.2. The lowest BCUT2D eigenvalue weighted by Crippen LogP contribution is -2.42. The molecule has 1 aliphatic rings. The summed E-state index contributed by atoms with van der Waals surface area (Å²) in [6.45, 7) is 5.59. The molecule has 3 aromatic rings. The minimum atomic E-state index is -3.83. The zero-order valence-electron chi connectivity index (χ0n) is 18.1. The molecule has 0 radical (unpaired) electrons. The number of nitrogens with zero attached hydrogens (tertiary/aromatic N) is 2. The molecule has 0 spiro atoms. The quantitative estimate of drug-likeness (QED) is 0.631. The van der Waals surface area contributed by atoms with Crippen LogP contribution in [0.15, 0.2) is 71.8 Å². The fraction of sp³-hybridized carbons (Fsp3) is 0.250. The van der Waals surface area contributed by atoms with Crippen LogP contribution in [0.5, 0.6) is 5.88 Å². The van der Waals surface area contributed by atoms with Crippen molar-refractivity contribution in [3.05, 3.63) is 78.0 Å². The summed E-state index contributed by atoms with van der Waals surface area (Å²) in [7, 11) is -3.83. The normalized spacial score (nSPS) is 16.6. The van der Waals surface area contributed by atoms with Gasteiger partial charge in [-0.3, -0.25) is 9.10 Å². The summed E-state index contributed by atoms with van der Waals surface area (Å²) < 4.78 is 33.9. The summed E-state index contributed by atoms with van der Waals surface area (Å²) in [5.41, 5.74) is 2.44. The van der Waals surface area contributed by atoms with E-state index < -0.39 is 10.0 Å².